The van der Waals surface area contributed by atoms with E-state index in [4.69, 9.17) is 9.47 Å². The first-order valence-electron chi connectivity index (χ1n) is 12.2. The summed E-state index contributed by atoms with van der Waals surface area (Å²) in [5.74, 6) is -3.96. The summed E-state index contributed by atoms with van der Waals surface area (Å²) < 4.78 is 50.8. The highest BCUT2D eigenvalue weighted by Gasteiger charge is 2.69. The fraction of sp³-hybridized carbons (Fsp3) is 0.276. The third-order valence-electron chi connectivity index (χ3n) is 7.44. The van der Waals surface area contributed by atoms with Crippen molar-refractivity contribution in [3.05, 3.63) is 95.6 Å². The van der Waals surface area contributed by atoms with Gasteiger partial charge in [0.05, 0.1) is 37.3 Å². The molecule has 3 aromatic carbocycles. The van der Waals surface area contributed by atoms with Gasteiger partial charge in [-0.25, -0.2) is 4.90 Å². The maximum Gasteiger partial charge on any atom is 0.416 e. The van der Waals surface area contributed by atoms with Crippen LogP contribution < -0.4 is 15.0 Å². The van der Waals surface area contributed by atoms with Crippen LogP contribution in [-0.2, 0) is 31.7 Å². The second-order valence-electron chi connectivity index (χ2n) is 9.58. The normalized spacial score (nSPS) is 24.5. The molecular formula is C29H25F3N2O5. The lowest BCUT2D eigenvalue weighted by atomic mass is 9.76. The Balaban J connectivity index is 1.66. The van der Waals surface area contributed by atoms with Gasteiger partial charge in [0.25, 0.3) is 0 Å². The van der Waals surface area contributed by atoms with E-state index in [1.54, 1.807) is 54.6 Å². The van der Waals surface area contributed by atoms with Crippen molar-refractivity contribution >= 4 is 23.5 Å². The summed E-state index contributed by atoms with van der Waals surface area (Å²) in [6.07, 6.45) is -4.66. The van der Waals surface area contributed by atoms with Gasteiger partial charge < -0.3 is 9.47 Å². The molecule has 1 N–H and O–H groups in total. The summed E-state index contributed by atoms with van der Waals surface area (Å²) in [6.45, 7) is 0. The van der Waals surface area contributed by atoms with Crippen LogP contribution in [0.5, 0.6) is 5.75 Å². The smallest absolute Gasteiger partial charge is 0.416 e. The molecule has 5 rings (SSSR count). The third kappa shape index (κ3) is 4.44. The summed E-state index contributed by atoms with van der Waals surface area (Å²) in [7, 11) is 2.70. The number of imide groups is 1. The number of alkyl halides is 3. The van der Waals surface area contributed by atoms with Gasteiger partial charge in [-0.05, 0) is 41.5 Å². The number of benzene rings is 3. The Morgan fingerprint density at radius 2 is 1.64 bits per heavy atom. The highest BCUT2D eigenvalue weighted by atomic mass is 19.4. The van der Waals surface area contributed by atoms with E-state index in [0.717, 1.165) is 23.1 Å². The molecule has 202 valence electrons. The van der Waals surface area contributed by atoms with Crippen LogP contribution in [0.25, 0.3) is 0 Å². The molecule has 0 saturated carbocycles. The predicted octanol–water partition coefficient (Wildman–Crippen LogP) is 4.32. The maximum absolute atomic E-state index is 14.0. The van der Waals surface area contributed by atoms with Gasteiger partial charge in [0.2, 0.25) is 11.8 Å². The van der Waals surface area contributed by atoms with Gasteiger partial charge in [0.1, 0.15) is 11.3 Å². The van der Waals surface area contributed by atoms with Crippen LogP contribution in [0.4, 0.5) is 18.9 Å². The maximum atomic E-state index is 14.0. The minimum absolute atomic E-state index is 0.0176. The number of carbonyl (C=O) groups excluding carboxylic acids is 3. The number of rotatable bonds is 6. The average molecular weight is 539 g/mol. The van der Waals surface area contributed by atoms with E-state index in [1.807, 2.05) is 0 Å². The zero-order chi connectivity index (χ0) is 27.9. The van der Waals surface area contributed by atoms with Crippen molar-refractivity contribution in [2.75, 3.05) is 19.1 Å². The summed E-state index contributed by atoms with van der Waals surface area (Å²) in [6, 6.07) is 19.0. The van der Waals surface area contributed by atoms with Crippen LogP contribution in [0.2, 0.25) is 0 Å². The van der Waals surface area contributed by atoms with Gasteiger partial charge >= 0.3 is 12.1 Å². The van der Waals surface area contributed by atoms with Crippen LogP contribution >= 0.6 is 0 Å². The monoisotopic (exact) mass is 538 g/mol. The van der Waals surface area contributed by atoms with E-state index in [9.17, 15) is 27.6 Å². The number of esters is 1. The van der Waals surface area contributed by atoms with Crippen molar-refractivity contribution in [1.29, 1.82) is 0 Å². The molecule has 2 heterocycles. The van der Waals surface area contributed by atoms with Crippen molar-refractivity contribution in [2.45, 2.75) is 24.2 Å². The highest BCUT2D eigenvalue weighted by molar-refractivity contribution is 6.24. The largest absolute Gasteiger partial charge is 0.497 e. The van der Waals surface area contributed by atoms with Crippen molar-refractivity contribution < 1.29 is 37.0 Å². The number of nitrogens with one attached hydrogen (secondary N) is 1. The van der Waals surface area contributed by atoms with E-state index in [1.165, 1.54) is 20.3 Å². The molecule has 39 heavy (non-hydrogen) atoms. The number of halogens is 3. The SMILES string of the molecule is COC(=O)[C@@]1(Cc2ccccc2)N[C@@H](c2ccc(OC)cc2)[C@H]2C(=O)N(c3cccc(C(F)(F)F)c3)C(=O)[C@H]21. The van der Waals surface area contributed by atoms with Crippen LogP contribution in [0, 0.1) is 11.8 Å². The molecule has 4 atom stereocenters. The first-order valence-corrected chi connectivity index (χ1v) is 12.2. The minimum atomic E-state index is -4.67. The van der Waals surface area contributed by atoms with Crippen molar-refractivity contribution in [3.63, 3.8) is 0 Å². The number of nitrogens with zero attached hydrogens (tertiary/aromatic N) is 1. The van der Waals surface area contributed by atoms with Crippen molar-refractivity contribution in [2.24, 2.45) is 11.8 Å². The lowest BCUT2D eigenvalue weighted by Gasteiger charge is -2.32. The van der Waals surface area contributed by atoms with Gasteiger partial charge in [-0.1, -0.05) is 48.5 Å². The van der Waals surface area contributed by atoms with Crippen molar-refractivity contribution in [1.82, 2.24) is 5.32 Å². The Kier molecular flexibility index (Phi) is 6.67. The summed E-state index contributed by atoms with van der Waals surface area (Å²) in [5, 5.41) is 3.26. The molecule has 2 aliphatic rings. The molecule has 3 aromatic rings. The van der Waals surface area contributed by atoms with Gasteiger partial charge in [0.15, 0.2) is 0 Å². The van der Waals surface area contributed by atoms with Crippen LogP contribution in [0.3, 0.4) is 0 Å². The van der Waals surface area contributed by atoms with E-state index in [-0.39, 0.29) is 12.1 Å². The van der Waals surface area contributed by atoms with E-state index < -0.39 is 52.9 Å². The number of carbonyl (C=O) groups is 3. The lowest BCUT2D eigenvalue weighted by Crippen LogP contribution is -2.57. The van der Waals surface area contributed by atoms with Gasteiger partial charge in [-0.3, -0.25) is 19.7 Å². The Morgan fingerprint density at radius 1 is 0.949 bits per heavy atom. The molecule has 0 unspecified atom stereocenters. The standard InChI is InChI=1S/C29H25F3N2O5/c1-38-21-13-11-18(12-14-21)24-22-23(28(33-24,27(37)39-2)16-17-7-4-3-5-8-17)26(36)34(25(22)35)20-10-6-9-19(15-20)29(30,31)32/h3-15,22-24,33H,16H2,1-2H3/t22-,23-,24-,28-/m0/s1. The molecule has 2 fully saturated rings. The number of anilines is 1. The highest BCUT2D eigenvalue weighted by Crippen LogP contribution is 2.51. The fourth-order valence-corrected chi connectivity index (χ4v) is 5.70. The summed E-state index contributed by atoms with van der Waals surface area (Å²) >= 11 is 0. The Morgan fingerprint density at radius 3 is 2.26 bits per heavy atom. The summed E-state index contributed by atoms with van der Waals surface area (Å²) in [4.78, 5) is 42.2. The third-order valence-corrected chi connectivity index (χ3v) is 7.44. The predicted molar refractivity (Wildman–Crippen MR) is 135 cm³/mol. The Bertz CT molecular complexity index is 1410. The number of ether oxygens (including phenoxy) is 2. The number of methoxy groups -OCH3 is 2. The topological polar surface area (TPSA) is 84.9 Å². The molecule has 0 spiro atoms. The van der Waals surface area contributed by atoms with E-state index in [2.05, 4.69) is 5.32 Å². The number of fused-ring (bicyclic) bond motifs is 1. The molecule has 10 heteroatoms. The molecule has 0 bridgehead atoms. The van der Waals surface area contributed by atoms with Crippen LogP contribution in [0.1, 0.15) is 22.7 Å². The van der Waals surface area contributed by atoms with E-state index in [0.29, 0.717) is 16.9 Å². The zero-order valence-corrected chi connectivity index (χ0v) is 21.1. The lowest BCUT2D eigenvalue weighted by molar-refractivity contribution is -0.152. The minimum Gasteiger partial charge on any atom is -0.497 e. The Hall–Kier alpha value is -4.18. The Labute approximate surface area is 222 Å². The molecule has 0 radical (unpaired) electrons. The summed E-state index contributed by atoms with van der Waals surface area (Å²) in [5.41, 5.74) is -1.54. The van der Waals surface area contributed by atoms with Crippen LogP contribution in [-0.4, -0.2) is 37.5 Å². The number of hydrogen-bond donors (Lipinski definition) is 1. The second-order valence-corrected chi connectivity index (χ2v) is 9.58. The van der Waals surface area contributed by atoms with Gasteiger partial charge in [-0.15, -0.1) is 0 Å². The molecule has 2 saturated heterocycles. The molecule has 2 amide bonds. The molecule has 0 aromatic heterocycles. The molecule has 2 aliphatic heterocycles. The molecule has 7 nitrogen and oxygen atoms in total. The van der Waals surface area contributed by atoms with Gasteiger partial charge in [-0.2, -0.15) is 13.2 Å². The number of amides is 2. The second kappa shape index (κ2) is 9.85. The first-order chi connectivity index (χ1) is 18.6. The fourth-order valence-electron chi connectivity index (χ4n) is 5.70. The zero-order valence-electron chi connectivity index (χ0n) is 21.1. The van der Waals surface area contributed by atoms with Gasteiger partial charge in [0, 0.05) is 12.5 Å². The average Bonchev–Trinajstić information content (AvgIpc) is 3.42. The number of hydrogen-bond acceptors (Lipinski definition) is 6. The quantitative estimate of drug-likeness (QED) is 0.372. The molecular weight excluding hydrogens is 513 g/mol. The first kappa shape index (κ1) is 26.4. The molecule has 0 aliphatic carbocycles. The van der Waals surface area contributed by atoms with E-state index >= 15 is 0 Å². The van der Waals surface area contributed by atoms with Crippen molar-refractivity contribution in [3.8, 4) is 5.75 Å². The van der Waals surface area contributed by atoms with Crippen LogP contribution in [0.15, 0.2) is 78.9 Å².